The van der Waals surface area contributed by atoms with Crippen molar-refractivity contribution >= 4 is 0 Å². The highest BCUT2D eigenvalue weighted by atomic mass is 16.5. The van der Waals surface area contributed by atoms with Crippen LogP contribution < -0.4 is 0 Å². The first-order valence-electron chi connectivity index (χ1n) is 5.19. The van der Waals surface area contributed by atoms with Crippen LogP contribution in [0.2, 0.25) is 0 Å². The smallest absolute Gasteiger partial charge is 0.0784 e. The first kappa shape index (κ1) is 9.79. The maximum atomic E-state index is 5.72. The van der Waals surface area contributed by atoms with Gasteiger partial charge in [-0.25, -0.2) is 0 Å². The quantitative estimate of drug-likeness (QED) is 0.587. The Labute approximate surface area is 75.8 Å². The zero-order valence-electron chi connectivity index (χ0n) is 8.31. The van der Waals surface area contributed by atoms with E-state index >= 15 is 0 Å². The highest BCUT2D eigenvalue weighted by molar-refractivity contribution is 5.08. The molecule has 1 unspecified atom stereocenters. The Bertz CT molecular complexity index is 143. The van der Waals surface area contributed by atoms with Gasteiger partial charge in [0.15, 0.2) is 0 Å². The molecule has 1 fully saturated rings. The summed E-state index contributed by atoms with van der Waals surface area (Å²) in [5.41, 5.74) is 1.51. The molecule has 70 valence electrons. The fourth-order valence-electron chi connectivity index (χ4n) is 1.80. The van der Waals surface area contributed by atoms with Gasteiger partial charge in [-0.05, 0) is 37.7 Å². The molecule has 1 saturated heterocycles. The summed E-state index contributed by atoms with van der Waals surface area (Å²) in [5, 5.41) is 0. The zero-order valence-corrected chi connectivity index (χ0v) is 8.31. The molecule has 0 aromatic heterocycles. The largest absolute Gasteiger partial charge is 0.374 e. The van der Waals surface area contributed by atoms with Crippen LogP contribution in [0.25, 0.3) is 0 Å². The van der Waals surface area contributed by atoms with Crippen molar-refractivity contribution in [1.82, 2.24) is 0 Å². The SMILES string of the molecule is CC/C=C(/CC)C1CCCCO1. The van der Waals surface area contributed by atoms with Gasteiger partial charge in [-0.1, -0.05) is 19.9 Å². The van der Waals surface area contributed by atoms with Gasteiger partial charge in [-0.15, -0.1) is 0 Å². The van der Waals surface area contributed by atoms with Crippen LogP contribution in [-0.2, 0) is 4.74 Å². The summed E-state index contributed by atoms with van der Waals surface area (Å²) in [6.07, 6.45) is 8.89. The molecule has 0 amide bonds. The molecule has 1 heteroatoms. The van der Waals surface area contributed by atoms with Crippen molar-refractivity contribution in [3.63, 3.8) is 0 Å². The third kappa shape index (κ3) is 2.63. The lowest BCUT2D eigenvalue weighted by molar-refractivity contribution is 0.0375. The number of ether oxygens (including phenoxy) is 1. The monoisotopic (exact) mass is 168 g/mol. The van der Waals surface area contributed by atoms with E-state index in [-0.39, 0.29) is 0 Å². The molecule has 0 aliphatic carbocycles. The minimum absolute atomic E-state index is 0.448. The summed E-state index contributed by atoms with van der Waals surface area (Å²) >= 11 is 0. The molecule has 0 N–H and O–H groups in total. The Kier molecular flexibility index (Phi) is 4.37. The van der Waals surface area contributed by atoms with Crippen LogP contribution in [0.5, 0.6) is 0 Å². The molecule has 1 nitrogen and oxygen atoms in total. The zero-order chi connectivity index (χ0) is 8.81. The second kappa shape index (κ2) is 5.36. The average molecular weight is 168 g/mol. The Morgan fingerprint density at radius 3 is 2.75 bits per heavy atom. The Morgan fingerprint density at radius 1 is 1.42 bits per heavy atom. The molecule has 0 aromatic rings. The highest BCUT2D eigenvalue weighted by Crippen LogP contribution is 2.21. The molecule has 1 rings (SSSR count). The number of rotatable bonds is 3. The van der Waals surface area contributed by atoms with E-state index in [1.807, 2.05) is 0 Å². The lowest BCUT2D eigenvalue weighted by Crippen LogP contribution is -2.21. The van der Waals surface area contributed by atoms with Gasteiger partial charge in [0, 0.05) is 6.61 Å². The molecule has 12 heavy (non-hydrogen) atoms. The molecule has 0 aromatic carbocycles. The van der Waals surface area contributed by atoms with Crippen LogP contribution in [-0.4, -0.2) is 12.7 Å². The van der Waals surface area contributed by atoms with Crippen molar-refractivity contribution in [3.05, 3.63) is 11.6 Å². The topological polar surface area (TPSA) is 9.23 Å². The molecule has 0 spiro atoms. The maximum absolute atomic E-state index is 5.72. The Morgan fingerprint density at radius 2 is 2.25 bits per heavy atom. The fourth-order valence-corrected chi connectivity index (χ4v) is 1.80. The second-order valence-corrected chi connectivity index (χ2v) is 3.40. The van der Waals surface area contributed by atoms with Gasteiger partial charge in [0.2, 0.25) is 0 Å². The minimum Gasteiger partial charge on any atom is -0.374 e. The number of allylic oxidation sites excluding steroid dienone is 1. The average Bonchev–Trinajstić information content (AvgIpc) is 2.15. The predicted molar refractivity (Wildman–Crippen MR) is 52.3 cm³/mol. The van der Waals surface area contributed by atoms with E-state index in [1.54, 1.807) is 0 Å². The second-order valence-electron chi connectivity index (χ2n) is 3.40. The molecule has 1 atom stereocenters. The Hall–Kier alpha value is -0.300. The van der Waals surface area contributed by atoms with E-state index in [0.29, 0.717) is 6.10 Å². The third-order valence-electron chi connectivity index (χ3n) is 2.47. The summed E-state index contributed by atoms with van der Waals surface area (Å²) in [6.45, 7) is 5.38. The first-order chi connectivity index (χ1) is 5.88. The van der Waals surface area contributed by atoms with Crippen molar-refractivity contribution in [1.29, 1.82) is 0 Å². The van der Waals surface area contributed by atoms with Gasteiger partial charge in [-0.2, -0.15) is 0 Å². The van der Waals surface area contributed by atoms with Crippen molar-refractivity contribution in [2.24, 2.45) is 0 Å². The van der Waals surface area contributed by atoms with Crippen LogP contribution in [0.15, 0.2) is 11.6 Å². The molecule has 1 heterocycles. The van der Waals surface area contributed by atoms with Gasteiger partial charge in [0.1, 0.15) is 0 Å². The summed E-state index contributed by atoms with van der Waals surface area (Å²) in [4.78, 5) is 0. The van der Waals surface area contributed by atoms with E-state index in [1.165, 1.54) is 24.8 Å². The van der Waals surface area contributed by atoms with E-state index in [0.717, 1.165) is 19.4 Å². The van der Waals surface area contributed by atoms with Gasteiger partial charge in [0.05, 0.1) is 6.10 Å². The highest BCUT2D eigenvalue weighted by Gasteiger charge is 2.16. The number of hydrogen-bond acceptors (Lipinski definition) is 1. The molecule has 0 bridgehead atoms. The Balaban J connectivity index is 2.46. The molecule has 1 aliphatic rings. The van der Waals surface area contributed by atoms with Gasteiger partial charge < -0.3 is 4.74 Å². The fraction of sp³-hybridized carbons (Fsp3) is 0.818. The van der Waals surface area contributed by atoms with Gasteiger partial charge >= 0.3 is 0 Å². The molecule has 1 aliphatic heterocycles. The minimum atomic E-state index is 0.448. The molecular formula is C11H20O. The predicted octanol–water partition coefficient (Wildman–Crippen LogP) is 3.30. The summed E-state index contributed by atoms with van der Waals surface area (Å²) in [6, 6.07) is 0. The van der Waals surface area contributed by atoms with Crippen molar-refractivity contribution < 1.29 is 4.74 Å². The van der Waals surface area contributed by atoms with Gasteiger partial charge in [-0.3, -0.25) is 0 Å². The lowest BCUT2D eigenvalue weighted by atomic mass is 9.99. The van der Waals surface area contributed by atoms with Crippen molar-refractivity contribution in [2.75, 3.05) is 6.61 Å². The summed E-state index contributed by atoms with van der Waals surface area (Å²) in [7, 11) is 0. The number of hydrogen-bond donors (Lipinski definition) is 0. The van der Waals surface area contributed by atoms with Crippen LogP contribution in [0.1, 0.15) is 46.0 Å². The van der Waals surface area contributed by atoms with E-state index < -0.39 is 0 Å². The van der Waals surface area contributed by atoms with Crippen LogP contribution in [0.4, 0.5) is 0 Å². The molecule has 0 radical (unpaired) electrons. The van der Waals surface area contributed by atoms with Gasteiger partial charge in [0.25, 0.3) is 0 Å². The van der Waals surface area contributed by atoms with Crippen LogP contribution in [0, 0.1) is 0 Å². The van der Waals surface area contributed by atoms with E-state index in [9.17, 15) is 0 Å². The summed E-state index contributed by atoms with van der Waals surface area (Å²) in [5.74, 6) is 0. The van der Waals surface area contributed by atoms with Crippen LogP contribution >= 0.6 is 0 Å². The van der Waals surface area contributed by atoms with E-state index in [4.69, 9.17) is 4.74 Å². The standard InChI is InChI=1S/C11H20O/c1-3-7-10(4-2)11-8-5-6-9-12-11/h7,11H,3-6,8-9H2,1-2H3/b10-7-. The van der Waals surface area contributed by atoms with Crippen LogP contribution in [0.3, 0.4) is 0 Å². The third-order valence-corrected chi connectivity index (χ3v) is 2.47. The molecule has 0 saturated carbocycles. The van der Waals surface area contributed by atoms with Crippen molar-refractivity contribution in [3.8, 4) is 0 Å². The summed E-state index contributed by atoms with van der Waals surface area (Å²) < 4.78 is 5.72. The molecular weight excluding hydrogens is 148 g/mol. The maximum Gasteiger partial charge on any atom is 0.0784 e. The normalized spacial score (nSPS) is 25.8. The first-order valence-corrected chi connectivity index (χ1v) is 5.19. The van der Waals surface area contributed by atoms with E-state index in [2.05, 4.69) is 19.9 Å². The lowest BCUT2D eigenvalue weighted by Gasteiger charge is -2.24. The van der Waals surface area contributed by atoms with Crippen molar-refractivity contribution in [2.45, 2.75) is 52.1 Å².